The van der Waals surface area contributed by atoms with E-state index >= 15 is 0 Å². The molecule has 0 unspecified atom stereocenters. The number of anilines is 1. The molecule has 1 aliphatic rings. The number of nitrogens with one attached hydrogen (secondary N) is 1. The third kappa shape index (κ3) is 4.99. The molecule has 28 heavy (non-hydrogen) atoms. The zero-order chi connectivity index (χ0) is 20.0. The molecule has 0 radical (unpaired) electrons. The predicted molar refractivity (Wildman–Crippen MR) is 113 cm³/mol. The van der Waals surface area contributed by atoms with Gasteiger partial charge in [0.05, 0.1) is 24.7 Å². The molecule has 1 amide bonds. The molecule has 1 fully saturated rings. The monoisotopic (exact) mass is 376 g/mol. The maximum absolute atomic E-state index is 13.1. The molecule has 0 aromatic heterocycles. The van der Waals surface area contributed by atoms with E-state index in [4.69, 9.17) is 5.26 Å². The van der Waals surface area contributed by atoms with Crippen molar-refractivity contribution in [3.05, 3.63) is 64.7 Å². The van der Waals surface area contributed by atoms with Gasteiger partial charge in [0.2, 0.25) is 0 Å². The largest absolute Gasteiger partial charge is 0.321 e. The first kappa shape index (κ1) is 20.1. The van der Waals surface area contributed by atoms with E-state index in [2.05, 4.69) is 35.7 Å². The minimum Gasteiger partial charge on any atom is -0.321 e. The molecule has 0 bridgehead atoms. The van der Waals surface area contributed by atoms with Crippen LogP contribution in [0.15, 0.2) is 42.5 Å². The summed E-state index contributed by atoms with van der Waals surface area (Å²) in [7, 11) is 0. The molecule has 4 nitrogen and oxygen atoms in total. The second-order valence-electron chi connectivity index (χ2n) is 8.15. The van der Waals surface area contributed by atoms with Crippen LogP contribution in [-0.2, 0) is 11.3 Å². The van der Waals surface area contributed by atoms with Gasteiger partial charge < -0.3 is 9.80 Å². The predicted octanol–water partition coefficient (Wildman–Crippen LogP) is 4.70. The van der Waals surface area contributed by atoms with Crippen molar-refractivity contribution in [3.63, 3.8) is 0 Å². The van der Waals surface area contributed by atoms with Gasteiger partial charge in [-0.15, -0.1) is 0 Å². The lowest BCUT2D eigenvalue weighted by atomic mass is 10.0. The van der Waals surface area contributed by atoms with E-state index in [0.717, 1.165) is 40.9 Å². The number of quaternary nitrogens is 1. The van der Waals surface area contributed by atoms with Crippen LogP contribution in [0.1, 0.15) is 47.9 Å². The Morgan fingerprint density at radius 2 is 1.64 bits per heavy atom. The SMILES string of the molecule is Cc1cc(C#N)cc(C)c1NC(=O)C[N+]1(Cc2ccccc2)CCCCCC1. The summed E-state index contributed by atoms with van der Waals surface area (Å²) in [5, 5.41) is 12.3. The van der Waals surface area contributed by atoms with Gasteiger partial charge in [-0.2, -0.15) is 5.26 Å². The highest BCUT2D eigenvalue weighted by molar-refractivity contribution is 5.93. The van der Waals surface area contributed by atoms with E-state index in [0.29, 0.717) is 12.1 Å². The first-order valence-corrected chi connectivity index (χ1v) is 10.2. The lowest BCUT2D eigenvalue weighted by Gasteiger charge is -2.37. The van der Waals surface area contributed by atoms with Crippen LogP contribution in [-0.4, -0.2) is 30.0 Å². The zero-order valence-electron chi connectivity index (χ0n) is 17.0. The second kappa shape index (κ2) is 9.03. The number of hydrogen-bond donors (Lipinski definition) is 1. The van der Waals surface area contributed by atoms with Gasteiger partial charge in [0.15, 0.2) is 6.54 Å². The van der Waals surface area contributed by atoms with E-state index in [-0.39, 0.29) is 5.91 Å². The van der Waals surface area contributed by atoms with E-state index in [1.807, 2.05) is 32.0 Å². The molecule has 0 aliphatic carbocycles. The van der Waals surface area contributed by atoms with Crippen LogP contribution < -0.4 is 5.32 Å². The molecule has 0 saturated carbocycles. The van der Waals surface area contributed by atoms with Crippen molar-refractivity contribution in [1.29, 1.82) is 5.26 Å². The Balaban J connectivity index is 1.79. The van der Waals surface area contributed by atoms with Gasteiger partial charge in [-0.3, -0.25) is 4.79 Å². The Bertz CT molecular complexity index is 836. The van der Waals surface area contributed by atoms with Gasteiger partial charge in [0.1, 0.15) is 6.54 Å². The van der Waals surface area contributed by atoms with Crippen LogP contribution in [0.2, 0.25) is 0 Å². The van der Waals surface area contributed by atoms with Crippen LogP contribution in [0, 0.1) is 25.2 Å². The molecule has 3 rings (SSSR count). The fourth-order valence-electron chi connectivity index (χ4n) is 4.41. The molecular formula is C24H30N3O+. The normalized spacial score (nSPS) is 16.0. The third-order valence-corrected chi connectivity index (χ3v) is 5.78. The van der Waals surface area contributed by atoms with Crippen molar-refractivity contribution < 1.29 is 9.28 Å². The maximum Gasteiger partial charge on any atom is 0.279 e. The van der Waals surface area contributed by atoms with Gasteiger partial charge in [-0.25, -0.2) is 0 Å². The Morgan fingerprint density at radius 3 is 2.21 bits per heavy atom. The van der Waals surface area contributed by atoms with Crippen LogP contribution >= 0.6 is 0 Å². The molecule has 2 aromatic rings. The number of likely N-dealkylation sites (tertiary alicyclic amines) is 1. The average Bonchev–Trinajstić information content (AvgIpc) is 2.90. The molecule has 1 aliphatic heterocycles. The number of hydrogen-bond acceptors (Lipinski definition) is 2. The van der Waals surface area contributed by atoms with Gasteiger partial charge in [-0.05, 0) is 62.8 Å². The summed E-state index contributed by atoms with van der Waals surface area (Å²) in [6.45, 7) is 7.39. The number of benzene rings is 2. The minimum absolute atomic E-state index is 0.0636. The molecule has 0 spiro atoms. The number of carbonyl (C=O) groups is 1. The fourth-order valence-corrected chi connectivity index (χ4v) is 4.41. The minimum atomic E-state index is 0.0636. The number of amides is 1. The Morgan fingerprint density at radius 1 is 1.04 bits per heavy atom. The first-order valence-electron chi connectivity index (χ1n) is 10.2. The molecule has 4 heteroatoms. The number of carbonyl (C=O) groups excluding carboxylic acids is 1. The number of rotatable bonds is 5. The summed E-state index contributed by atoms with van der Waals surface area (Å²) in [4.78, 5) is 13.1. The number of aryl methyl sites for hydroxylation is 2. The lowest BCUT2D eigenvalue weighted by molar-refractivity contribution is -0.932. The smallest absolute Gasteiger partial charge is 0.279 e. The summed E-state index contributed by atoms with van der Waals surface area (Å²) in [6, 6.07) is 16.4. The van der Waals surface area contributed by atoms with Gasteiger partial charge in [0.25, 0.3) is 5.91 Å². The topological polar surface area (TPSA) is 52.9 Å². The van der Waals surface area contributed by atoms with Crippen molar-refractivity contribution in [3.8, 4) is 6.07 Å². The Labute approximate surface area is 168 Å². The summed E-state index contributed by atoms with van der Waals surface area (Å²) < 4.78 is 0.824. The van der Waals surface area contributed by atoms with Crippen molar-refractivity contribution in [2.45, 2.75) is 46.1 Å². The second-order valence-corrected chi connectivity index (χ2v) is 8.15. The molecule has 0 atom stereocenters. The van der Waals surface area contributed by atoms with Crippen molar-refractivity contribution in [2.24, 2.45) is 0 Å². The Hall–Kier alpha value is -2.64. The van der Waals surface area contributed by atoms with Crippen molar-refractivity contribution in [1.82, 2.24) is 0 Å². The zero-order valence-corrected chi connectivity index (χ0v) is 17.0. The molecule has 1 saturated heterocycles. The Kier molecular flexibility index (Phi) is 6.49. The molecule has 2 aromatic carbocycles. The van der Waals surface area contributed by atoms with E-state index in [1.165, 1.54) is 31.2 Å². The summed E-state index contributed by atoms with van der Waals surface area (Å²) >= 11 is 0. The molecule has 1 heterocycles. The first-order chi connectivity index (χ1) is 13.5. The summed E-state index contributed by atoms with van der Waals surface area (Å²) in [6.07, 6.45) is 4.86. The average molecular weight is 377 g/mol. The summed E-state index contributed by atoms with van der Waals surface area (Å²) in [5.41, 5.74) is 4.65. The fraction of sp³-hybridized carbons (Fsp3) is 0.417. The molecule has 1 N–H and O–H groups in total. The van der Waals surface area contributed by atoms with E-state index in [9.17, 15) is 4.79 Å². The van der Waals surface area contributed by atoms with Crippen LogP contribution in [0.3, 0.4) is 0 Å². The lowest BCUT2D eigenvalue weighted by Crippen LogP contribution is -2.52. The van der Waals surface area contributed by atoms with Crippen LogP contribution in [0.25, 0.3) is 0 Å². The maximum atomic E-state index is 13.1. The third-order valence-electron chi connectivity index (χ3n) is 5.78. The van der Waals surface area contributed by atoms with Crippen LogP contribution in [0.4, 0.5) is 5.69 Å². The molecular weight excluding hydrogens is 346 g/mol. The highest BCUT2D eigenvalue weighted by Crippen LogP contribution is 2.25. The van der Waals surface area contributed by atoms with Crippen LogP contribution in [0.5, 0.6) is 0 Å². The standard InChI is InChI=1S/C24H29N3O/c1-19-14-22(16-25)15-20(2)24(19)26-23(28)18-27(12-8-3-4-9-13-27)17-21-10-6-5-7-11-21/h5-7,10-11,14-15H,3-4,8-9,12-13,17-18H2,1-2H3/p+1. The molecule has 146 valence electrons. The quantitative estimate of drug-likeness (QED) is 0.769. The van der Waals surface area contributed by atoms with Crippen molar-refractivity contribution >= 4 is 11.6 Å². The van der Waals surface area contributed by atoms with Gasteiger partial charge >= 0.3 is 0 Å². The van der Waals surface area contributed by atoms with E-state index in [1.54, 1.807) is 0 Å². The highest BCUT2D eigenvalue weighted by Gasteiger charge is 2.32. The summed E-state index contributed by atoms with van der Waals surface area (Å²) in [5.74, 6) is 0.0636. The van der Waals surface area contributed by atoms with Gasteiger partial charge in [0, 0.05) is 11.3 Å². The number of nitrogens with zero attached hydrogens (tertiary/aromatic N) is 2. The van der Waals surface area contributed by atoms with E-state index < -0.39 is 0 Å². The van der Waals surface area contributed by atoms with Crippen molar-refractivity contribution in [2.75, 3.05) is 25.0 Å². The number of nitriles is 1. The van der Waals surface area contributed by atoms with Gasteiger partial charge in [-0.1, -0.05) is 30.3 Å². The highest BCUT2D eigenvalue weighted by atomic mass is 16.2.